The molecule has 35 heavy (non-hydrogen) atoms. The topological polar surface area (TPSA) is 99.7 Å². The first-order valence-corrected chi connectivity index (χ1v) is 13.9. The van der Waals surface area contributed by atoms with Gasteiger partial charge >= 0.3 is 27.0 Å². The number of hydrogen-bond donors (Lipinski definition) is 0. The number of ether oxygens (including phenoxy) is 3. The number of nitrogens with zero attached hydrogens (tertiary/aromatic N) is 1. The number of hydrogen-bond acceptors (Lipinski definition) is 5. The van der Waals surface area contributed by atoms with Crippen LogP contribution in [0.1, 0.15) is 28.8 Å². The van der Waals surface area contributed by atoms with Crippen LogP contribution in [0.15, 0.2) is 72.8 Å². The van der Waals surface area contributed by atoms with E-state index < -0.39 is 27.9 Å². The molecule has 190 valence electrons. The van der Waals surface area contributed by atoms with Crippen molar-refractivity contribution < 1.29 is 39.9 Å². The van der Waals surface area contributed by atoms with Gasteiger partial charge in [-0.1, -0.05) is 71.8 Å². The van der Waals surface area contributed by atoms with Crippen LogP contribution in [0.3, 0.4) is 0 Å². The van der Waals surface area contributed by atoms with Gasteiger partial charge in [-0.05, 0) is 0 Å². The van der Waals surface area contributed by atoms with Crippen LogP contribution < -0.4 is 14.2 Å². The third-order valence-corrected chi connectivity index (χ3v) is 6.24. The van der Waals surface area contributed by atoms with Crippen molar-refractivity contribution in [1.82, 2.24) is 0 Å². The Morgan fingerprint density at radius 3 is 1.74 bits per heavy atom. The zero-order chi connectivity index (χ0) is 25.1. The Bertz CT molecular complexity index is 1110. The number of nitrogens with one attached hydrogen (secondary N) is 1. The van der Waals surface area contributed by atoms with Crippen molar-refractivity contribution in [2.45, 2.75) is 17.8 Å². The van der Waals surface area contributed by atoms with E-state index in [-0.39, 0.29) is 7.43 Å². The summed E-state index contributed by atoms with van der Waals surface area (Å²) in [5.74, 6) is 0.687. The maximum absolute atomic E-state index is 13.2. The molecule has 3 rings (SSSR count). The molecule has 2 atom stereocenters. The fourth-order valence-corrected chi connectivity index (χ4v) is 4.73. The average molecular weight is 606 g/mol. The zero-order valence-corrected chi connectivity index (χ0v) is 23.2. The number of methoxy groups -OCH3 is 3. The molecule has 0 aliphatic heterocycles. The Labute approximate surface area is 222 Å². The van der Waals surface area contributed by atoms with Crippen LogP contribution in [0, 0.1) is 7.43 Å². The first kappa shape index (κ1) is 30.9. The minimum atomic E-state index is -4.02. The van der Waals surface area contributed by atoms with Crippen molar-refractivity contribution in [3.8, 4) is 17.2 Å². The predicted octanol–water partition coefficient (Wildman–Crippen LogP) is 6.59. The van der Waals surface area contributed by atoms with Gasteiger partial charge in [0.05, 0.1) is 37.1 Å². The molecule has 0 aliphatic carbocycles. The molecule has 0 fully saturated rings. The molecule has 0 amide bonds. The molecular weight excluding hydrogens is 577 g/mol. The van der Waals surface area contributed by atoms with Crippen LogP contribution in [-0.4, -0.2) is 29.7 Å². The summed E-state index contributed by atoms with van der Waals surface area (Å²) in [5, 5.41) is 0. The molecule has 0 radical (unpaired) electrons. The number of rotatable bonds is 10. The number of benzene rings is 3. The molecule has 10 heteroatoms. The van der Waals surface area contributed by atoms with E-state index in [0.29, 0.717) is 33.9 Å². The predicted molar refractivity (Wildman–Crippen MR) is 137 cm³/mol. The van der Waals surface area contributed by atoms with E-state index in [2.05, 4.69) is 14.4 Å². The SMILES string of the molecule is COc1cc(OC)c(CS(=O)(=O)[N-]C(c2ccccc2)C([NH-])c2ccccc2)c(OC)c1.[CH3-].[Cl][Ru+3]. The molecule has 3 aromatic carbocycles. The van der Waals surface area contributed by atoms with Crippen LogP contribution in [0.2, 0.25) is 0 Å². The van der Waals surface area contributed by atoms with Gasteiger partial charge in [0.1, 0.15) is 17.2 Å². The first-order valence-electron chi connectivity index (χ1n) is 10.1. The second-order valence-electron chi connectivity index (χ2n) is 7.09. The van der Waals surface area contributed by atoms with E-state index in [4.69, 9.17) is 19.9 Å². The van der Waals surface area contributed by atoms with Crippen molar-refractivity contribution in [3.63, 3.8) is 0 Å². The third kappa shape index (κ3) is 8.48. The summed E-state index contributed by atoms with van der Waals surface area (Å²) >= 11 is 1.82. The zero-order valence-electron chi connectivity index (χ0n) is 19.9. The molecule has 0 bridgehead atoms. The number of sulfonamides is 1. The van der Waals surface area contributed by atoms with Crippen molar-refractivity contribution in [1.29, 1.82) is 0 Å². The van der Waals surface area contributed by atoms with Crippen LogP contribution in [0.25, 0.3) is 10.5 Å². The van der Waals surface area contributed by atoms with Crippen LogP contribution in [0.4, 0.5) is 0 Å². The summed E-state index contributed by atoms with van der Waals surface area (Å²) in [6.45, 7) is 0. The normalized spacial score (nSPS) is 12.3. The fourth-order valence-electron chi connectivity index (χ4n) is 3.42. The van der Waals surface area contributed by atoms with E-state index in [9.17, 15) is 8.42 Å². The molecule has 1 N–H and O–H groups in total. The van der Waals surface area contributed by atoms with Gasteiger partial charge in [-0.3, -0.25) is 0 Å². The van der Waals surface area contributed by atoms with E-state index in [1.165, 1.54) is 21.3 Å². The summed E-state index contributed by atoms with van der Waals surface area (Å²) in [4.78, 5) is 0. The summed E-state index contributed by atoms with van der Waals surface area (Å²) in [7, 11) is 4.95. The molecule has 0 saturated carbocycles. The Morgan fingerprint density at radius 2 is 1.31 bits per heavy atom. The van der Waals surface area contributed by atoms with Crippen molar-refractivity contribution in [2.24, 2.45) is 0 Å². The number of halogens is 1. The standard InChI is InChI=1S/C24H26N2O5S.CH3.ClH.Ru/c1-29-19-14-21(30-2)20(22(15-19)31-3)16-32(27,28)26-24(18-12-8-5-9-13-18)23(25)17-10-6-4-7-11-17;;;/h4-15,23-25H,16H2,1-3H3;1H3;1H;/q-2;-1;;+4/p-1. The van der Waals surface area contributed by atoms with E-state index in [0.717, 1.165) is 0 Å². The average Bonchev–Trinajstić information content (AvgIpc) is 2.89. The second-order valence-corrected chi connectivity index (χ2v) is 8.75. The summed E-state index contributed by atoms with van der Waals surface area (Å²) in [5.41, 5.74) is 10.4. The third-order valence-electron chi connectivity index (χ3n) is 5.03. The minimum absolute atomic E-state index is 0. The maximum atomic E-state index is 13.2. The van der Waals surface area contributed by atoms with Crippen molar-refractivity contribution in [3.05, 3.63) is 107 Å². The van der Waals surface area contributed by atoms with Gasteiger partial charge in [-0.15, -0.1) is 12.1 Å². The molecule has 0 aliphatic rings. The Hall–Kier alpha value is -2.16. The van der Waals surface area contributed by atoms with E-state index >= 15 is 0 Å². The quantitative estimate of drug-likeness (QED) is 0.192. The molecule has 0 heterocycles. The van der Waals surface area contributed by atoms with E-state index in [1.54, 1.807) is 48.5 Å². The Balaban J connectivity index is 0.00000199. The Morgan fingerprint density at radius 1 is 0.857 bits per heavy atom. The van der Waals surface area contributed by atoms with Gasteiger partial charge in [0, 0.05) is 17.7 Å². The molecule has 0 saturated heterocycles. The van der Waals surface area contributed by atoms with Crippen molar-refractivity contribution >= 4 is 19.7 Å². The molecule has 0 spiro atoms. The van der Waals surface area contributed by atoms with Gasteiger partial charge in [0.15, 0.2) is 0 Å². The van der Waals surface area contributed by atoms with Crippen LogP contribution in [-0.2, 0) is 33.1 Å². The van der Waals surface area contributed by atoms with Gasteiger partial charge < -0.3 is 32.1 Å². The van der Waals surface area contributed by atoms with Gasteiger partial charge in [-0.2, -0.15) is 0 Å². The van der Waals surface area contributed by atoms with Gasteiger partial charge in [-0.25, -0.2) is 8.42 Å². The van der Waals surface area contributed by atoms with Crippen molar-refractivity contribution in [2.75, 3.05) is 21.3 Å². The van der Waals surface area contributed by atoms with Gasteiger partial charge in [0.25, 0.3) is 0 Å². The second kappa shape index (κ2) is 15.1. The molecule has 2 unspecified atom stereocenters. The van der Waals surface area contributed by atoms with Crippen LogP contribution in [0.5, 0.6) is 17.2 Å². The Kier molecular flexibility index (Phi) is 13.3. The molecule has 7 nitrogen and oxygen atoms in total. The van der Waals surface area contributed by atoms with E-state index in [1.807, 2.05) is 41.6 Å². The summed E-state index contributed by atoms with van der Waals surface area (Å²) < 4.78 is 46.6. The molecule has 3 aromatic rings. The molecule has 0 aromatic heterocycles. The van der Waals surface area contributed by atoms with Gasteiger partial charge in [0.2, 0.25) is 0 Å². The first-order chi connectivity index (χ1) is 16.4. The summed E-state index contributed by atoms with van der Waals surface area (Å²) in [6.07, 6.45) is 0. The van der Waals surface area contributed by atoms with Crippen LogP contribution >= 0.6 is 9.69 Å². The monoisotopic (exact) mass is 606 g/mol. The summed E-state index contributed by atoms with van der Waals surface area (Å²) in [6, 6.07) is 19.5. The molecular formula is C25H29ClN2O5RuS. The fraction of sp³-hybridized carbons (Fsp3) is 0.240.